The van der Waals surface area contributed by atoms with Crippen molar-refractivity contribution in [2.24, 2.45) is 11.0 Å². The Morgan fingerprint density at radius 1 is 1.24 bits per heavy atom. The van der Waals surface area contributed by atoms with E-state index in [1.807, 2.05) is 12.1 Å². The van der Waals surface area contributed by atoms with Crippen molar-refractivity contribution < 1.29 is 9.18 Å². The van der Waals surface area contributed by atoms with Crippen molar-refractivity contribution in [1.29, 1.82) is 0 Å². The third kappa shape index (κ3) is 4.93. The summed E-state index contributed by atoms with van der Waals surface area (Å²) in [5.74, 6) is -0.141. The number of likely N-dealkylation sites (tertiary alicyclic amines) is 1. The third-order valence-electron chi connectivity index (χ3n) is 4.33. The first kappa shape index (κ1) is 17.2. The number of hydrazone groups is 1. The second-order valence-corrected chi connectivity index (χ2v) is 6.14. The standard InChI is InChI=1S/C19H21FN4O/c20-17-6-2-1-5-16(17)14-24-11-8-15(9-12-24)13-22-23-19(25)18-7-3-4-10-21-18/h1-7,10,13,15H,8-9,11-12,14H2,(H,23,25). The van der Waals surface area contributed by atoms with E-state index in [2.05, 4.69) is 20.4 Å². The van der Waals surface area contributed by atoms with Crippen molar-refractivity contribution in [3.8, 4) is 0 Å². The minimum absolute atomic E-state index is 0.150. The van der Waals surface area contributed by atoms with Crippen LogP contribution in [0.1, 0.15) is 28.9 Å². The highest BCUT2D eigenvalue weighted by atomic mass is 19.1. The van der Waals surface area contributed by atoms with Crippen molar-refractivity contribution in [1.82, 2.24) is 15.3 Å². The zero-order chi connectivity index (χ0) is 17.5. The molecule has 0 saturated carbocycles. The Labute approximate surface area is 146 Å². The largest absolute Gasteiger partial charge is 0.299 e. The van der Waals surface area contributed by atoms with E-state index in [1.165, 1.54) is 6.07 Å². The van der Waals surface area contributed by atoms with E-state index in [9.17, 15) is 9.18 Å². The molecule has 1 amide bonds. The number of aromatic nitrogens is 1. The van der Waals surface area contributed by atoms with Gasteiger partial charge in [-0.1, -0.05) is 24.3 Å². The molecule has 5 nitrogen and oxygen atoms in total. The average Bonchev–Trinajstić information content (AvgIpc) is 2.65. The molecular formula is C19H21FN4O. The van der Waals surface area contributed by atoms with Gasteiger partial charge in [0, 0.05) is 24.5 Å². The van der Waals surface area contributed by atoms with Crippen LogP contribution >= 0.6 is 0 Å². The zero-order valence-corrected chi connectivity index (χ0v) is 13.9. The van der Waals surface area contributed by atoms with Gasteiger partial charge in [-0.25, -0.2) is 9.82 Å². The van der Waals surface area contributed by atoms with Gasteiger partial charge < -0.3 is 0 Å². The molecule has 1 saturated heterocycles. The predicted octanol–water partition coefficient (Wildman–Crippen LogP) is 2.85. The van der Waals surface area contributed by atoms with Crippen molar-refractivity contribution in [2.75, 3.05) is 13.1 Å². The molecule has 1 aliphatic rings. The molecule has 0 unspecified atom stereocenters. The smallest absolute Gasteiger partial charge is 0.289 e. The Balaban J connectivity index is 1.43. The molecule has 1 fully saturated rings. The summed E-state index contributed by atoms with van der Waals surface area (Å²) in [5.41, 5.74) is 3.59. The number of halogens is 1. The SMILES string of the molecule is O=C(NN=CC1CCN(Cc2ccccc2F)CC1)c1ccccn1. The van der Waals surface area contributed by atoms with Gasteiger partial charge >= 0.3 is 0 Å². The van der Waals surface area contributed by atoms with Crippen LogP contribution < -0.4 is 5.43 Å². The fraction of sp³-hybridized carbons (Fsp3) is 0.316. The minimum Gasteiger partial charge on any atom is -0.299 e. The van der Waals surface area contributed by atoms with Crippen LogP contribution in [0.5, 0.6) is 0 Å². The number of hydrogen-bond donors (Lipinski definition) is 1. The van der Waals surface area contributed by atoms with Gasteiger partial charge in [0.05, 0.1) is 0 Å². The lowest BCUT2D eigenvalue weighted by Crippen LogP contribution is -2.34. The fourth-order valence-corrected chi connectivity index (χ4v) is 2.88. The molecule has 2 aromatic rings. The van der Waals surface area contributed by atoms with Crippen LogP contribution in [0.3, 0.4) is 0 Å². The number of carbonyl (C=O) groups is 1. The second kappa shape index (κ2) is 8.48. The molecule has 1 aromatic heterocycles. The Kier molecular flexibility index (Phi) is 5.85. The lowest BCUT2D eigenvalue weighted by molar-refractivity contribution is 0.0949. The molecule has 0 atom stereocenters. The molecule has 1 aromatic carbocycles. The maximum Gasteiger partial charge on any atom is 0.289 e. The molecule has 3 rings (SSSR count). The summed E-state index contributed by atoms with van der Waals surface area (Å²) in [4.78, 5) is 18.1. The lowest BCUT2D eigenvalue weighted by Gasteiger charge is -2.30. The Morgan fingerprint density at radius 3 is 2.72 bits per heavy atom. The molecule has 1 N–H and O–H groups in total. The monoisotopic (exact) mass is 340 g/mol. The summed E-state index contributed by atoms with van der Waals surface area (Å²) < 4.78 is 13.7. The van der Waals surface area contributed by atoms with Crippen LogP contribution in [0.4, 0.5) is 4.39 Å². The molecule has 2 heterocycles. The van der Waals surface area contributed by atoms with Crippen LogP contribution in [0.25, 0.3) is 0 Å². The number of pyridine rings is 1. The Morgan fingerprint density at radius 2 is 2.00 bits per heavy atom. The van der Waals surface area contributed by atoms with E-state index >= 15 is 0 Å². The minimum atomic E-state index is -0.311. The first-order valence-corrected chi connectivity index (χ1v) is 8.42. The van der Waals surface area contributed by atoms with Gasteiger partial charge in [0.25, 0.3) is 5.91 Å². The average molecular weight is 340 g/mol. The van der Waals surface area contributed by atoms with E-state index < -0.39 is 0 Å². The van der Waals surface area contributed by atoms with Crippen molar-refractivity contribution in [3.63, 3.8) is 0 Å². The van der Waals surface area contributed by atoms with Gasteiger partial charge in [-0.05, 0) is 50.0 Å². The third-order valence-corrected chi connectivity index (χ3v) is 4.33. The summed E-state index contributed by atoms with van der Waals surface area (Å²) >= 11 is 0. The van der Waals surface area contributed by atoms with Crippen LogP contribution in [-0.2, 0) is 6.54 Å². The van der Waals surface area contributed by atoms with Crippen LogP contribution in [-0.4, -0.2) is 35.1 Å². The number of rotatable bonds is 5. The molecular weight excluding hydrogens is 319 g/mol. The first-order valence-electron chi connectivity index (χ1n) is 8.42. The molecule has 0 radical (unpaired) electrons. The van der Waals surface area contributed by atoms with Crippen molar-refractivity contribution >= 4 is 12.1 Å². The Hall–Kier alpha value is -2.60. The van der Waals surface area contributed by atoms with Gasteiger partial charge in [-0.3, -0.25) is 14.7 Å². The number of carbonyl (C=O) groups excluding carboxylic acids is 1. The highest BCUT2D eigenvalue weighted by molar-refractivity contribution is 5.92. The van der Waals surface area contributed by atoms with Gasteiger partial charge in [0.2, 0.25) is 0 Å². The van der Waals surface area contributed by atoms with Crippen LogP contribution in [0.2, 0.25) is 0 Å². The van der Waals surface area contributed by atoms with Crippen molar-refractivity contribution in [2.45, 2.75) is 19.4 Å². The summed E-state index contributed by atoms with van der Waals surface area (Å²) in [7, 11) is 0. The van der Waals surface area contributed by atoms with Crippen molar-refractivity contribution in [3.05, 3.63) is 65.7 Å². The maximum atomic E-state index is 13.7. The number of benzene rings is 1. The van der Waals surface area contributed by atoms with Gasteiger partial charge in [0.15, 0.2) is 0 Å². The van der Waals surface area contributed by atoms with Gasteiger partial charge in [-0.15, -0.1) is 0 Å². The predicted molar refractivity (Wildman–Crippen MR) is 94.6 cm³/mol. The quantitative estimate of drug-likeness (QED) is 0.673. The van der Waals surface area contributed by atoms with E-state index in [0.29, 0.717) is 18.2 Å². The van der Waals surface area contributed by atoms with Gasteiger partial charge in [0.1, 0.15) is 11.5 Å². The summed E-state index contributed by atoms with van der Waals surface area (Å²) in [6.45, 7) is 2.41. The number of piperidine rings is 1. The zero-order valence-electron chi connectivity index (χ0n) is 13.9. The molecule has 130 valence electrons. The normalized spacial score (nSPS) is 16.2. The van der Waals surface area contributed by atoms with E-state index in [4.69, 9.17) is 0 Å². The van der Waals surface area contributed by atoms with Crippen LogP contribution in [0, 0.1) is 11.7 Å². The number of nitrogens with one attached hydrogen (secondary N) is 1. The van der Waals surface area contributed by atoms with Gasteiger partial charge in [-0.2, -0.15) is 5.10 Å². The molecule has 0 bridgehead atoms. The van der Waals surface area contributed by atoms with E-state index in [-0.39, 0.29) is 11.7 Å². The Bertz CT molecular complexity index is 727. The highest BCUT2D eigenvalue weighted by Gasteiger charge is 2.18. The molecule has 1 aliphatic heterocycles. The van der Waals surface area contributed by atoms with E-state index in [1.54, 1.807) is 36.7 Å². The van der Waals surface area contributed by atoms with Crippen LogP contribution in [0.15, 0.2) is 53.8 Å². The maximum absolute atomic E-state index is 13.7. The molecule has 0 spiro atoms. The topological polar surface area (TPSA) is 57.6 Å². The lowest BCUT2D eigenvalue weighted by atomic mass is 9.98. The number of hydrogen-bond acceptors (Lipinski definition) is 4. The summed E-state index contributed by atoms with van der Waals surface area (Å²) in [6, 6.07) is 12.1. The summed E-state index contributed by atoms with van der Waals surface area (Å²) in [5, 5.41) is 4.05. The number of amides is 1. The molecule has 6 heteroatoms. The first-order chi connectivity index (χ1) is 12.2. The second-order valence-electron chi connectivity index (χ2n) is 6.14. The number of nitrogens with zero attached hydrogens (tertiary/aromatic N) is 3. The molecule has 25 heavy (non-hydrogen) atoms. The summed E-state index contributed by atoms with van der Waals surface area (Å²) in [6.07, 6.45) is 5.25. The van der Waals surface area contributed by atoms with E-state index in [0.717, 1.165) is 31.5 Å². The molecule has 0 aliphatic carbocycles. The highest BCUT2D eigenvalue weighted by Crippen LogP contribution is 2.18. The fourth-order valence-electron chi connectivity index (χ4n) is 2.88.